The summed E-state index contributed by atoms with van der Waals surface area (Å²) in [5, 5.41) is 4.44. The SMILES string of the molecule is C=CC1C[C@]1(NC(=O)[C@@H]1C[C@@H](OC(=O)N2Cc3cccc(F)c3C2)CN1C(=O)[C@H](CCC(=O)N1C[C@@H]2C[C@@H]1C(=O)O2)NC(=O)OC(C)(C)C)C(=O)NS(=O)(=O)C1CC1. The average molecular weight is 831 g/mol. The van der Waals surface area contributed by atoms with Gasteiger partial charge in [-0.05, 0) is 58.1 Å². The summed E-state index contributed by atoms with van der Waals surface area (Å²) in [7, 11) is -4.00. The number of hydrogen-bond acceptors (Lipinski definition) is 12. The normalized spacial score (nSPS) is 27.6. The van der Waals surface area contributed by atoms with Crippen molar-refractivity contribution >= 4 is 51.8 Å². The van der Waals surface area contributed by atoms with Crippen LogP contribution in [0.5, 0.6) is 0 Å². The molecule has 1 aromatic rings. The van der Waals surface area contributed by atoms with E-state index in [9.17, 15) is 46.4 Å². The van der Waals surface area contributed by atoms with Gasteiger partial charge in [0.05, 0.1) is 24.9 Å². The number of nitrogens with zero attached hydrogens (tertiary/aromatic N) is 3. The summed E-state index contributed by atoms with van der Waals surface area (Å²) in [5.41, 5.74) is -1.76. The first-order chi connectivity index (χ1) is 27.3. The van der Waals surface area contributed by atoms with Gasteiger partial charge in [0.15, 0.2) is 0 Å². The fourth-order valence-corrected chi connectivity index (χ4v) is 9.43. The minimum absolute atomic E-state index is 0.0241. The van der Waals surface area contributed by atoms with Crippen LogP contribution in [0.25, 0.3) is 0 Å². The first-order valence-electron chi connectivity index (χ1n) is 19.3. The Kier molecular flexibility index (Phi) is 10.7. The number of alkyl carbamates (subject to hydrolysis) is 1. The quantitative estimate of drug-likeness (QED) is 0.153. The van der Waals surface area contributed by atoms with Gasteiger partial charge in [0.2, 0.25) is 27.7 Å². The number of ether oxygens (including phenoxy) is 3. The summed E-state index contributed by atoms with van der Waals surface area (Å²) < 4.78 is 58.4. The molecule has 20 heteroatoms. The van der Waals surface area contributed by atoms with Crippen molar-refractivity contribution in [3.05, 3.63) is 47.8 Å². The van der Waals surface area contributed by atoms with Gasteiger partial charge in [-0.2, -0.15) is 0 Å². The Hall–Kier alpha value is -5.27. The van der Waals surface area contributed by atoms with Gasteiger partial charge < -0.3 is 34.6 Å². The zero-order valence-electron chi connectivity index (χ0n) is 32.4. The molecule has 6 amide bonds. The monoisotopic (exact) mass is 830 g/mol. The smallest absolute Gasteiger partial charge is 0.410 e. The van der Waals surface area contributed by atoms with Crippen molar-refractivity contribution in [1.29, 1.82) is 0 Å². The number of fused-ring (bicyclic) bond motifs is 3. The van der Waals surface area contributed by atoms with E-state index >= 15 is 0 Å². The molecule has 0 aromatic heterocycles. The Morgan fingerprint density at radius 3 is 2.45 bits per heavy atom. The Balaban J connectivity index is 1.12. The molecule has 58 heavy (non-hydrogen) atoms. The first kappa shape index (κ1) is 40.9. The van der Waals surface area contributed by atoms with Crippen molar-refractivity contribution in [2.24, 2.45) is 5.92 Å². The number of carbonyl (C=O) groups excluding carboxylic acids is 7. The van der Waals surface area contributed by atoms with Crippen molar-refractivity contribution in [3.8, 4) is 0 Å². The lowest BCUT2D eigenvalue weighted by Gasteiger charge is -2.31. The molecular weight excluding hydrogens is 784 g/mol. The van der Waals surface area contributed by atoms with Crippen LogP contribution in [0.4, 0.5) is 14.0 Å². The summed E-state index contributed by atoms with van der Waals surface area (Å²) >= 11 is 0. The first-order valence-corrected chi connectivity index (χ1v) is 20.9. The number of hydrogen-bond donors (Lipinski definition) is 3. The predicted octanol–water partition coefficient (Wildman–Crippen LogP) is 1.12. The van der Waals surface area contributed by atoms with Crippen molar-refractivity contribution in [3.63, 3.8) is 0 Å². The minimum Gasteiger partial charge on any atom is -0.459 e. The Morgan fingerprint density at radius 2 is 1.83 bits per heavy atom. The van der Waals surface area contributed by atoms with Gasteiger partial charge in [0.1, 0.15) is 47.3 Å². The Morgan fingerprint density at radius 1 is 1.09 bits per heavy atom. The maximum absolute atomic E-state index is 14.6. The molecule has 0 spiro atoms. The van der Waals surface area contributed by atoms with E-state index in [1.54, 1.807) is 26.8 Å². The summed E-state index contributed by atoms with van der Waals surface area (Å²) in [6.45, 7) is 8.35. The number of halogens is 1. The number of esters is 1. The summed E-state index contributed by atoms with van der Waals surface area (Å²) in [5.74, 6) is -4.79. The molecule has 5 fully saturated rings. The van der Waals surface area contributed by atoms with Crippen LogP contribution >= 0.6 is 0 Å². The number of carbonyl (C=O) groups is 7. The minimum atomic E-state index is -4.00. The standard InChI is InChI=1S/C38H47FN6O12S/c1-5-21-15-38(21,34(50)42-58(53,54)24-9-10-24)41-31(47)28-13-23(56-36(52)43-16-20-7-6-8-26(39)25(20)19-43)18-45(28)32(48)27(40-35(51)57-37(2,3)4)11-12-30(46)44-17-22-14-29(44)33(49)55-22/h5-8,21-24,27-29H,1,9-19H2,2-4H3,(H,40,51)(H,41,47)(H,42,50)/t21?,22-,23+,27-,28-,29+,38+/m0/s1. The molecule has 1 aromatic carbocycles. The molecule has 314 valence electrons. The molecule has 3 saturated heterocycles. The van der Waals surface area contributed by atoms with E-state index in [0.29, 0.717) is 30.4 Å². The lowest BCUT2D eigenvalue weighted by Crippen LogP contribution is -2.58. The Labute approximate surface area is 334 Å². The average Bonchev–Trinajstić information content (AvgIpc) is 3.90. The van der Waals surface area contributed by atoms with Gasteiger partial charge in [-0.1, -0.05) is 18.2 Å². The van der Waals surface area contributed by atoms with Crippen molar-refractivity contribution < 1.29 is 60.6 Å². The predicted molar refractivity (Wildman–Crippen MR) is 198 cm³/mol. The summed E-state index contributed by atoms with van der Waals surface area (Å²) in [6.07, 6.45) is -1.65. The van der Waals surface area contributed by atoms with Crippen LogP contribution in [-0.2, 0) is 61.3 Å². The molecule has 2 aliphatic carbocycles. The highest BCUT2D eigenvalue weighted by atomic mass is 32.2. The molecule has 6 aliphatic rings. The molecule has 3 N–H and O–H groups in total. The summed E-state index contributed by atoms with van der Waals surface area (Å²) in [6, 6.07) is 0.849. The molecule has 2 saturated carbocycles. The highest BCUT2D eigenvalue weighted by molar-refractivity contribution is 7.91. The van der Waals surface area contributed by atoms with Crippen LogP contribution in [-0.4, -0.2) is 125 Å². The molecule has 1 unspecified atom stereocenters. The van der Waals surface area contributed by atoms with E-state index in [1.165, 1.54) is 28.0 Å². The van der Waals surface area contributed by atoms with E-state index in [2.05, 4.69) is 21.9 Å². The lowest BCUT2D eigenvalue weighted by atomic mass is 10.1. The second kappa shape index (κ2) is 15.2. The third-order valence-corrected chi connectivity index (χ3v) is 13.1. The third kappa shape index (κ3) is 8.33. The van der Waals surface area contributed by atoms with Crippen molar-refractivity contribution in [2.45, 2.75) is 126 Å². The maximum atomic E-state index is 14.6. The number of benzene rings is 1. The number of morpholine rings is 1. The van der Waals surface area contributed by atoms with Crippen LogP contribution in [0.2, 0.25) is 0 Å². The van der Waals surface area contributed by atoms with Gasteiger partial charge in [-0.3, -0.25) is 28.8 Å². The van der Waals surface area contributed by atoms with E-state index < -0.39 is 110 Å². The van der Waals surface area contributed by atoms with E-state index in [0.717, 1.165) is 4.90 Å². The van der Waals surface area contributed by atoms with Crippen LogP contribution in [0, 0.1) is 11.7 Å². The molecule has 18 nitrogen and oxygen atoms in total. The maximum Gasteiger partial charge on any atom is 0.410 e. The highest BCUT2D eigenvalue weighted by Crippen LogP contribution is 2.45. The third-order valence-electron chi connectivity index (χ3n) is 11.3. The van der Waals surface area contributed by atoms with Gasteiger partial charge in [-0.25, -0.2) is 27.2 Å². The number of amides is 6. The molecule has 4 heterocycles. The molecule has 4 aliphatic heterocycles. The van der Waals surface area contributed by atoms with Gasteiger partial charge in [0.25, 0.3) is 5.91 Å². The van der Waals surface area contributed by atoms with E-state index in [1.807, 2.05) is 0 Å². The number of nitrogens with one attached hydrogen (secondary N) is 3. The molecule has 2 bridgehead atoms. The Bertz CT molecular complexity index is 2060. The fourth-order valence-electron chi connectivity index (χ4n) is 8.06. The van der Waals surface area contributed by atoms with Gasteiger partial charge >= 0.3 is 18.2 Å². The van der Waals surface area contributed by atoms with Crippen LogP contribution in [0.3, 0.4) is 0 Å². The van der Waals surface area contributed by atoms with Gasteiger partial charge in [-0.15, -0.1) is 6.58 Å². The molecular formula is C38H47FN6O12S. The topological polar surface area (TPSA) is 227 Å². The molecule has 7 rings (SSSR count). The zero-order valence-corrected chi connectivity index (χ0v) is 33.2. The lowest BCUT2D eigenvalue weighted by molar-refractivity contribution is -0.157. The molecule has 0 radical (unpaired) electrons. The number of likely N-dealkylation sites (tertiary alicyclic amines) is 2. The van der Waals surface area contributed by atoms with E-state index in [-0.39, 0.29) is 51.9 Å². The number of rotatable bonds is 12. The van der Waals surface area contributed by atoms with E-state index in [4.69, 9.17) is 14.2 Å². The largest absolute Gasteiger partial charge is 0.459 e. The van der Waals surface area contributed by atoms with Crippen molar-refractivity contribution in [2.75, 3.05) is 13.1 Å². The van der Waals surface area contributed by atoms with Gasteiger partial charge in [0, 0.05) is 37.3 Å². The molecule has 7 atom stereocenters. The highest BCUT2D eigenvalue weighted by Gasteiger charge is 2.62. The fraction of sp³-hybridized carbons (Fsp3) is 0.605. The number of sulfonamides is 1. The second-order valence-corrected chi connectivity index (χ2v) is 18.7. The van der Waals surface area contributed by atoms with Crippen LogP contribution < -0.4 is 15.4 Å². The van der Waals surface area contributed by atoms with Crippen LogP contribution in [0.15, 0.2) is 30.9 Å². The van der Waals surface area contributed by atoms with Crippen molar-refractivity contribution in [1.82, 2.24) is 30.1 Å². The van der Waals surface area contributed by atoms with Crippen LogP contribution in [0.1, 0.15) is 76.8 Å². The second-order valence-electron chi connectivity index (χ2n) is 16.8. The summed E-state index contributed by atoms with van der Waals surface area (Å²) in [4.78, 5) is 98.1. The zero-order chi connectivity index (χ0) is 41.9.